The average Bonchev–Trinajstić information content (AvgIpc) is 2.67. The number of methoxy groups -OCH3 is 1. The number of rotatable bonds is 5. The van der Waals surface area contributed by atoms with Crippen LogP contribution >= 0.6 is 0 Å². The minimum Gasteiger partial charge on any atom is -0.466 e. The number of allylic oxidation sites excluding steroid dienone is 2. The summed E-state index contributed by atoms with van der Waals surface area (Å²) in [5, 5.41) is 0. The lowest BCUT2D eigenvalue weighted by Crippen LogP contribution is -2.39. The first kappa shape index (κ1) is 17.3. The van der Waals surface area contributed by atoms with Crippen LogP contribution < -0.4 is 0 Å². The molecule has 22 heavy (non-hydrogen) atoms. The molecule has 0 aromatic carbocycles. The number of hydrogen-bond acceptors (Lipinski definition) is 3. The Hall–Kier alpha value is -1.09. The summed E-state index contributed by atoms with van der Waals surface area (Å²) in [6, 6.07) is 0. The first-order valence-corrected chi connectivity index (χ1v) is 8.31. The molecule has 0 radical (unpaired) electrons. The average molecular weight is 306 g/mol. The Labute approximate surface area is 134 Å². The molecule has 124 valence electrons. The first-order valence-electron chi connectivity index (χ1n) is 8.31. The molecule has 0 aromatic heterocycles. The van der Waals surface area contributed by atoms with Gasteiger partial charge in [-0.2, -0.15) is 0 Å². The largest absolute Gasteiger partial charge is 0.466 e. The van der Waals surface area contributed by atoms with Crippen molar-refractivity contribution in [3.8, 4) is 0 Å². The van der Waals surface area contributed by atoms with Crippen LogP contribution in [0.4, 0.5) is 0 Å². The van der Waals surface area contributed by atoms with Gasteiger partial charge in [0.15, 0.2) is 0 Å². The maximum atomic E-state index is 12.2. The molecular formula is C19H30O3. The van der Waals surface area contributed by atoms with Gasteiger partial charge in [-0.15, -0.1) is 6.58 Å². The van der Waals surface area contributed by atoms with Crippen molar-refractivity contribution < 1.29 is 14.3 Å². The normalized spacial score (nSPS) is 36.4. The van der Waals surface area contributed by atoms with Gasteiger partial charge in [0.2, 0.25) is 0 Å². The molecule has 2 aliphatic carbocycles. The van der Waals surface area contributed by atoms with Gasteiger partial charge in [-0.25, -0.2) is 0 Å². The topological polar surface area (TPSA) is 35.5 Å². The van der Waals surface area contributed by atoms with Crippen molar-refractivity contribution in [2.45, 2.75) is 53.1 Å². The van der Waals surface area contributed by atoms with Crippen molar-refractivity contribution >= 4 is 5.97 Å². The molecule has 2 aliphatic rings. The van der Waals surface area contributed by atoms with Gasteiger partial charge in [-0.3, -0.25) is 4.79 Å². The molecule has 0 heterocycles. The highest BCUT2D eigenvalue weighted by Gasteiger charge is 2.60. The number of esters is 1. The maximum absolute atomic E-state index is 12.2. The van der Waals surface area contributed by atoms with E-state index in [9.17, 15) is 4.79 Å². The van der Waals surface area contributed by atoms with E-state index in [2.05, 4.69) is 33.4 Å². The van der Waals surface area contributed by atoms with Crippen molar-refractivity contribution in [1.82, 2.24) is 0 Å². The van der Waals surface area contributed by atoms with Gasteiger partial charge < -0.3 is 9.47 Å². The van der Waals surface area contributed by atoms with Crippen LogP contribution in [0.5, 0.6) is 0 Å². The minimum absolute atomic E-state index is 0.000157. The van der Waals surface area contributed by atoms with Crippen molar-refractivity contribution in [1.29, 1.82) is 0 Å². The molecule has 3 nitrogen and oxygen atoms in total. The molecule has 2 rings (SSSR count). The smallest absolute Gasteiger partial charge is 0.306 e. The molecule has 4 atom stereocenters. The van der Waals surface area contributed by atoms with Gasteiger partial charge in [0, 0.05) is 12.5 Å². The van der Waals surface area contributed by atoms with Crippen LogP contribution in [0.15, 0.2) is 24.3 Å². The molecular weight excluding hydrogens is 276 g/mol. The second-order valence-corrected chi connectivity index (χ2v) is 7.38. The molecule has 1 saturated carbocycles. The number of ether oxygens (including phenoxy) is 2. The lowest BCUT2D eigenvalue weighted by atomic mass is 9.62. The number of carbonyl (C=O) groups is 1. The third-order valence-corrected chi connectivity index (χ3v) is 6.27. The predicted octanol–water partition coefficient (Wildman–Crippen LogP) is 4.14. The zero-order chi connectivity index (χ0) is 16.5. The zero-order valence-corrected chi connectivity index (χ0v) is 14.6. The Balaban J connectivity index is 2.34. The summed E-state index contributed by atoms with van der Waals surface area (Å²) in [7, 11) is 1.79. The molecule has 0 unspecified atom stereocenters. The SMILES string of the molecule is C=C[C@@]1(CC(=O)OCC)C[C@H]2[C@@H](CC=C(C)[C@@H]2OC)C1(C)C. The standard InChI is InChI=1S/C19H30O3/c1-7-19(12-16(20)22-8-2)11-14-15(18(19,4)5)10-9-13(3)17(14)21-6/h7,9,14-15,17H,1,8,10-12H2,2-6H3/t14-,15+,17-,19-/m0/s1. The highest BCUT2D eigenvalue weighted by atomic mass is 16.5. The number of carbonyl (C=O) groups excluding carboxylic acids is 1. The fourth-order valence-corrected chi connectivity index (χ4v) is 4.83. The van der Waals surface area contributed by atoms with E-state index in [0.717, 1.165) is 12.8 Å². The third-order valence-electron chi connectivity index (χ3n) is 6.27. The van der Waals surface area contributed by atoms with Crippen molar-refractivity contribution in [2.24, 2.45) is 22.7 Å². The van der Waals surface area contributed by atoms with E-state index in [1.165, 1.54) is 5.57 Å². The van der Waals surface area contributed by atoms with Crippen LogP contribution in [-0.2, 0) is 14.3 Å². The quantitative estimate of drug-likeness (QED) is 0.565. The Morgan fingerprint density at radius 2 is 2.18 bits per heavy atom. The van der Waals surface area contributed by atoms with Crippen LogP contribution in [0.2, 0.25) is 0 Å². The summed E-state index contributed by atoms with van der Waals surface area (Å²) in [5.74, 6) is 0.832. The molecule has 1 fully saturated rings. The summed E-state index contributed by atoms with van der Waals surface area (Å²) < 4.78 is 11.0. The zero-order valence-electron chi connectivity index (χ0n) is 14.6. The highest BCUT2D eigenvalue weighted by molar-refractivity contribution is 5.71. The van der Waals surface area contributed by atoms with E-state index in [1.54, 1.807) is 7.11 Å². The Morgan fingerprint density at radius 1 is 1.50 bits per heavy atom. The summed E-state index contributed by atoms with van der Waals surface area (Å²) >= 11 is 0. The second-order valence-electron chi connectivity index (χ2n) is 7.38. The van der Waals surface area contributed by atoms with Gasteiger partial charge in [0.1, 0.15) is 0 Å². The fraction of sp³-hybridized carbons (Fsp3) is 0.737. The minimum atomic E-state index is -0.218. The first-order chi connectivity index (χ1) is 10.3. The van der Waals surface area contributed by atoms with E-state index >= 15 is 0 Å². The highest BCUT2D eigenvalue weighted by Crippen LogP contribution is 2.64. The Bertz CT molecular complexity index is 477. The summed E-state index contributed by atoms with van der Waals surface area (Å²) in [6.45, 7) is 13.1. The lowest BCUT2D eigenvalue weighted by Gasteiger charge is -2.43. The van der Waals surface area contributed by atoms with Gasteiger partial charge >= 0.3 is 5.97 Å². The molecule has 0 spiro atoms. The van der Waals surface area contributed by atoms with E-state index in [0.29, 0.717) is 24.9 Å². The van der Waals surface area contributed by atoms with Crippen molar-refractivity contribution in [2.75, 3.05) is 13.7 Å². The lowest BCUT2D eigenvalue weighted by molar-refractivity contribution is -0.146. The second kappa shape index (κ2) is 6.19. The van der Waals surface area contributed by atoms with Crippen LogP contribution in [0.3, 0.4) is 0 Å². The molecule has 0 aromatic rings. The van der Waals surface area contributed by atoms with E-state index < -0.39 is 0 Å². The van der Waals surface area contributed by atoms with Crippen LogP contribution in [0.25, 0.3) is 0 Å². The van der Waals surface area contributed by atoms with Crippen molar-refractivity contribution in [3.63, 3.8) is 0 Å². The molecule has 0 bridgehead atoms. The summed E-state index contributed by atoms with van der Waals surface area (Å²) in [5.41, 5.74) is 1.10. The van der Waals surface area contributed by atoms with Gasteiger partial charge in [0.05, 0.1) is 19.1 Å². The summed E-state index contributed by atoms with van der Waals surface area (Å²) in [4.78, 5) is 12.2. The third kappa shape index (κ3) is 2.54. The van der Waals surface area contributed by atoms with Gasteiger partial charge in [0.25, 0.3) is 0 Å². The molecule has 0 amide bonds. The Kier molecular flexibility index (Phi) is 4.86. The van der Waals surface area contributed by atoms with Gasteiger partial charge in [-0.05, 0) is 49.5 Å². The van der Waals surface area contributed by atoms with E-state index in [-0.39, 0.29) is 22.9 Å². The maximum Gasteiger partial charge on any atom is 0.306 e. The number of fused-ring (bicyclic) bond motifs is 1. The van der Waals surface area contributed by atoms with E-state index in [1.807, 2.05) is 13.0 Å². The monoisotopic (exact) mass is 306 g/mol. The fourth-order valence-electron chi connectivity index (χ4n) is 4.83. The van der Waals surface area contributed by atoms with Crippen LogP contribution in [0.1, 0.15) is 47.0 Å². The molecule has 0 aliphatic heterocycles. The van der Waals surface area contributed by atoms with Gasteiger partial charge in [-0.1, -0.05) is 26.0 Å². The predicted molar refractivity (Wildman–Crippen MR) is 88.4 cm³/mol. The molecule has 0 N–H and O–H groups in total. The number of hydrogen-bond donors (Lipinski definition) is 0. The van der Waals surface area contributed by atoms with Crippen molar-refractivity contribution in [3.05, 3.63) is 24.3 Å². The molecule has 0 saturated heterocycles. The summed E-state index contributed by atoms with van der Waals surface area (Å²) in [6.07, 6.45) is 6.88. The van der Waals surface area contributed by atoms with E-state index in [4.69, 9.17) is 9.47 Å². The molecule has 3 heteroatoms. The van der Waals surface area contributed by atoms with Crippen LogP contribution in [-0.4, -0.2) is 25.8 Å². The van der Waals surface area contributed by atoms with Crippen LogP contribution in [0, 0.1) is 22.7 Å². The Morgan fingerprint density at radius 3 is 2.73 bits per heavy atom.